The van der Waals surface area contributed by atoms with Crippen LogP contribution in [0.25, 0.3) is 0 Å². The molecule has 0 atom stereocenters. The van der Waals surface area contributed by atoms with E-state index in [-0.39, 0.29) is 27.3 Å². The Labute approximate surface area is 119 Å². The molecule has 1 aliphatic heterocycles. The van der Waals surface area contributed by atoms with Crippen LogP contribution < -0.4 is 10.1 Å². The van der Waals surface area contributed by atoms with Crippen molar-refractivity contribution in [2.45, 2.75) is 0 Å². The molecule has 2 rings (SSSR count). The minimum Gasteiger partial charge on any atom is -0.494 e. The molecule has 1 aromatic carbocycles. The topological polar surface area (TPSA) is 88.0 Å². The summed E-state index contributed by atoms with van der Waals surface area (Å²) >= 11 is 11.4. The van der Waals surface area contributed by atoms with E-state index in [1.807, 2.05) is 0 Å². The standard InChI is InChI=1S/C8H6Cl2O3.C3H4N2O/c1-13-7-5(10)3-2-4(9)6(7)8(11)12;6-3-1-4-2-5-3/h2-3H,1H3,(H,11,12);2H,1H2,(H,4,5,6). The number of aliphatic imine (C=N–C) groups is 1. The summed E-state index contributed by atoms with van der Waals surface area (Å²) in [6.07, 6.45) is 1.41. The molecule has 1 heterocycles. The van der Waals surface area contributed by atoms with Gasteiger partial charge < -0.3 is 15.2 Å². The van der Waals surface area contributed by atoms with Gasteiger partial charge in [-0.1, -0.05) is 23.2 Å². The van der Waals surface area contributed by atoms with Gasteiger partial charge >= 0.3 is 5.97 Å². The molecule has 0 bridgehead atoms. The van der Waals surface area contributed by atoms with Crippen LogP contribution in [0.5, 0.6) is 5.75 Å². The fourth-order valence-electron chi connectivity index (χ4n) is 1.22. The van der Waals surface area contributed by atoms with Gasteiger partial charge in [-0.15, -0.1) is 0 Å². The van der Waals surface area contributed by atoms with Gasteiger partial charge in [0.05, 0.1) is 23.5 Å². The van der Waals surface area contributed by atoms with Crippen LogP contribution in [0, 0.1) is 0 Å². The Hall–Kier alpha value is -1.79. The SMILES string of the molecule is COc1c(Cl)ccc(Cl)c1C(=O)O.O=C1CN=CN1. The zero-order valence-corrected chi connectivity index (χ0v) is 11.3. The highest BCUT2D eigenvalue weighted by Gasteiger charge is 2.17. The van der Waals surface area contributed by atoms with Crippen molar-refractivity contribution in [1.82, 2.24) is 5.32 Å². The third-order valence-corrected chi connectivity index (χ3v) is 2.64. The maximum atomic E-state index is 10.7. The van der Waals surface area contributed by atoms with E-state index >= 15 is 0 Å². The molecule has 19 heavy (non-hydrogen) atoms. The molecule has 0 unspecified atom stereocenters. The Bertz CT molecular complexity index is 522. The zero-order valence-electron chi connectivity index (χ0n) is 9.81. The Morgan fingerprint density at radius 3 is 2.37 bits per heavy atom. The Morgan fingerprint density at radius 1 is 1.42 bits per heavy atom. The van der Waals surface area contributed by atoms with E-state index in [1.54, 1.807) is 0 Å². The Balaban J connectivity index is 0.000000250. The van der Waals surface area contributed by atoms with Gasteiger partial charge in [-0.3, -0.25) is 9.79 Å². The summed E-state index contributed by atoms with van der Waals surface area (Å²) in [6.45, 7) is 0.306. The second-order valence-electron chi connectivity index (χ2n) is 3.28. The fourth-order valence-corrected chi connectivity index (χ4v) is 1.69. The van der Waals surface area contributed by atoms with Crippen molar-refractivity contribution in [2.75, 3.05) is 13.7 Å². The highest BCUT2D eigenvalue weighted by atomic mass is 35.5. The third kappa shape index (κ3) is 4.11. The van der Waals surface area contributed by atoms with E-state index in [4.69, 9.17) is 33.0 Å². The van der Waals surface area contributed by atoms with E-state index in [1.165, 1.54) is 25.6 Å². The molecule has 0 fully saturated rings. The molecule has 1 aromatic rings. The molecular formula is C11H10Cl2N2O4. The smallest absolute Gasteiger partial charge is 0.341 e. The van der Waals surface area contributed by atoms with E-state index in [2.05, 4.69) is 10.3 Å². The van der Waals surface area contributed by atoms with Gasteiger partial charge in [0.2, 0.25) is 5.91 Å². The molecule has 1 amide bonds. The first-order valence-electron chi connectivity index (χ1n) is 5.00. The van der Waals surface area contributed by atoms with Crippen molar-refractivity contribution in [2.24, 2.45) is 4.99 Å². The summed E-state index contributed by atoms with van der Waals surface area (Å²) in [5.41, 5.74) is -0.114. The van der Waals surface area contributed by atoms with E-state index in [0.29, 0.717) is 6.54 Å². The van der Waals surface area contributed by atoms with Crippen molar-refractivity contribution in [3.05, 3.63) is 27.7 Å². The van der Waals surface area contributed by atoms with Gasteiger partial charge in [0.1, 0.15) is 12.1 Å². The number of carbonyl (C=O) groups excluding carboxylic acids is 1. The number of halogens is 2. The number of aromatic carboxylic acids is 1. The number of amides is 1. The highest BCUT2D eigenvalue weighted by Crippen LogP contribution is 2.33. The predicted molar refractivity (Wildman–Crippen MR) is 71.5 cm³/mol. The first kappa shape index (κ1) is 15.3. The summed E-state index contributed by atoms with van der Waals surface area (Å²) in [4.78, 5) is 24.3. The van der Waals surface area contributed by atoms with Crippen LogP contribution in [0.2, 0.25) is 10.0 Å². The Kier molecular flexibility index (Phi) is 5.59. The number of hydrogen-bond donors (Lipinski definition) is 2. The molecule has 0 radical (unpaired) electrons. The predicted octanol–water partition coefficient (Wildman–Crippen LogP) is 1.84. The van der Waals surface area contributed by atoms with Gasteiger partial charge in [0.15, 0.2) is 5.75 Å². The molecule has 8 heteroatoms. The molecular weight excluding hydrogens is 295 g/mol. The van der Waals surface area contributed by atoms with Crippen LogP contribution in [0.4, 0.5) is 0 Å². The number of nitrogens with one attached hydrogen (secondary N) is 1. The van der Waals surface area contributed by atoms with Crippen LogP contribution in [0.3, 0.4) is 0 Å². The molecule has 0 aromatic heterocycles. The minimum absolute atomic E-state index is 0.0185. The molecule has 0 spiro atoms. The summed E-state index contributed by atoms with van der Waals surface area (Å²) < 4.78 is 4.82. The van der Waals surface area contributed by atoms with Crippen LogP contribution in [0.15, 0.2) is 17.1 Å². The molecule has 0 saturated carbocycles. The van der Waals surface area contributed by atoms with Crippen molar-refractivity contribution < 1.29 is 19.4 Å². The second-order valence-corrected chi connectivity index (χ2v) is 4.09. The number of ether oxygens (including phenoxy) is 1. The fraction of sp³-hybridized carbons (Fsp3) is 0.182. The van der Waals surface area contributed by atoms with Crippen molar-refractivity contribution in [3.63, 3.8) is 0 Å². The van der Waals surface area contributed by atoms with Crippen LogP contribution in [-0.2, 0) is 4.79 Å². The third-order valence-electron chi connectivity index (χ3n) is 2.03. The summed E-state index contributed by atoms with van der Waals surface area (Å²) in [7, 11) is 1.34. The summed E-state index contributed by atoms with van der Waals surface area (Å²) in [5, 5.41) is 11.5. The van der Waals surface area contributed by atoms with Gasteiger partial charge in [-0.25, -0.2) is 4.79 Å². The number of carboxylic acids is 1. The number of carbonyl (C=O) groups is 2. The monoisotopic (exact) mass is 304 g/mol. The van der Waals surface area contributed by atoms with Crippen LogP contribution in [-0.4, -0.2) is 37.0 Å². The Morgan fingerprint density at radius 2 is 2.05 bits per heavy atom. The van der Waals surface area contributed by atoms with Crippen molar-refractivity contribution in [1.29, 1.82) is 0 Å². The first-order chi connectivity index (χ1) is 8.97. The molecule has 6 nitrogen and oxygen atoms in total. The second kappa shape index (κ2) is 6.96. The maximum Gasteiger partial charge on any atom is 0.341 e. The van der Waals surface area contributed by atoms with Gasteiger partial charge in [0, 0.05) is 0 Å². The minimum atomic E-state index is -1.16. The number of rotatable bonds is 2. The van der Waals surface area contributed by atoms with Gasteiger partial charge in [-0.05, 0) is 12.1 Å². The average Bonchev–Trinajstić information content (AvgIpc) is 2.83. The van der Waals surface area contributed by atoms with Crippen LogP contribution in [0.1, 0.15) is 10.4 Å². The quantitative estimate of drug-likeness (QED) is 0.872. The van der Waals surface area contributed by atoms with E-state index < -0.39 is 5.97 Å². The molecule has 0 saturated heterocycles. The normalized spacial score (nSPS) is 12.5. The lowest BCUT2D eigenvalue weighted by molar-refractivity contribution is -0.117. The lowest BCUT2D eigenvalue weighted by Gasteiger charge is -2.07. The number of methoxy groups -OCH3 is 1. The van der Waals surface area contributed by atoms with E-state index in [0.717, 1.165) is 0 Å². The highest BCUT2D eigenvalue weighted by molar-refractivity contribution is 6.36. The molecule has 0 aliphatic carbocycles. The largest absolute Gasteiger partial charge is 0.494 e. The molecule has 1 aliphatic rings. The number of benzene rings is 1. The summed E-state index contributed by atoms with van der Waals surface area (Å²) in [6, 6.07) is 2.89. The number of hydrogen-bond acceptors (Lipinski definition) is 4. The number of carboxylic acid groups (broad SMARTS) is 1. The zero-order chi connectivity index (χ0) is 14.4. The lowest BCUT2D eigenvalue weighted by atomic mass is 10.2. The molecule has 102 valence electrons. The van der Waals surface area contributed by atoms with Crippen molar-refractivity contribution in [3.8, 4) is 5.75 Å². The lowest BCUT2D eigenvalue weighted by Crippen LogP contribution is -2.15. The van der Waals surface area contributed by atoms with Gasteiger partial charge in [-0.2, -0.15) is 0 Å². The number of nitrogens with zero attached hydrogens (tertiary/aromatic N) is 1. The van der Waals surface area contributed by atoms with Crippen LogP contribution >= 0.6 is 23.2 Å². The van der Waals surface area contributed by atoms with E-state index in [9.17, 15) is 9.59 Å². The average molecular weight is 305 g/mol. The summed E-state index contributed by atoms with van der Waals surface area (Å²) in [5.74, 6) is -1.10. The molecule has 2 N–H and O–H groups in total. The van der Waals surface area contributed by atoms with Gasteiger partial charge in [0.25, 0.3) is 0 Å². The first-order valence-corrected chi connectivity index (χ1v) is 5.76. The van der Waals surface area contributed by atoms with Crippen molar-refractivity contribution >= 4 is 41.4 Å². The maximum absolute atomic E-state index is 10.7.